The Bertz CT molecular complexity index is 1040. The number of aromatic carboxylic acids is 1. The third-order valence-electron chi connectivity index (χ3n) is 6.61. The molecule has 2 aromatic rings. The Kier molecular flexibility index (Phi) is 5.07. The first-order valence-corrected chi connectivity index (χ1v) is 10.1. The van der Waals surface area contributed by atoms with Crippen molar-refractivity contribution in [2.45, 2.75) is 44.6 Å². The van der Waals surface area contributed by atoms with Crippen molar-refractivity contribution >= 4 is 29.6 Å². The number of hydrogen-bond acceptors (Lipinski definition) is 4. The van der Waals surface area contributed by atoms with Gasteiger partial charge >= 0.3 is 5.97 Å². The predicted octanol–water partition coefficient (Wildman–Crippen LogP) is 2.93. The Labute approximate surface area is 174 Å². The van der Waals surface area contributed by atoms with Crippen LogP contribution in [0.15, 0.2) is 17.1 Å². The van der Waals surface area contributed by atoms with E-state index in [1.807, 2.05) is 6.92 Å². The number of nitrogens with one attached hydrogen (secondary N) is 1. The average Bonchev–Trinajstić information content (AvgIpc) is 3.41. The fourth-order valence-corrected chi connectivity index (χ4v) is 5.12. The number of rotatable bonds is 3. The van der Waals surface area contributed by atoms with Crippen molar-refractivity contribution in [2.75, 3.05) is 24.5 Å². The molecule has 3 fully saturated rings. The van der Waals surface area contributed by atoms with Gasteiger partial charge in [-0.2, -0.15) is 0 Å². The van der Waals surface area contributed by atoms with E-state index >= 15 is 4.39 Å². The first-order chi connectivity index (χ1) is 13.5. The molecule has 8 heteroatoms. The lowest BCUT2D eigenvalue weighted by Gasteiger charge is -2.24. The van der Waals surface area contributed by atoms with Gasteiger partial charge < -0.3 is 15.3 Å². The Morgan fingerprint density at radius 3 is 2.69 bits per heavy atom. The highest BCUT2D eigenvalue weighted by Gasteiger charge is 2.37. The van der Waals surface area contributed by atoms with Gasteiger partial charge in [-0.05, 0) is 68.2 Å². The second-order valence-corrected chi connectivity index (χ2v) is 8.44. The SMILES string of the molecule is Cc1c(N2CC3CCCNC3C2)c(F)cn2c(=O)c(C(=O)O)cc(C3CC3)c12.Cl. The molecule has 0 spiro atoms. The standard InChI is InChI=1S/C21H24FN3O3.ClH/c1-11-18-14(12-4-5-12)7-15(21(27)28)20(26)25(18)9-16(22)19(11)24-8-13-3-2-6-23-17(13)10-24;/h7,9,12-13,17,23H,2-6,8,10H2,1H3,(H,27,28);1H. The maximum Gasteiger partial charge on any atom is 0.341 e. The van der Waals surface area contributed by atoms with Gasteiger partial charge in [0.05, 0.1) is 17.4 Å². The van der Waals surface area contributed by atoms with Crippen molar-refractivity contribution in [3.05, 3.63) is 45.1 Å². The molecule has 2 unspecified atom stereocenters. The summed E-state index contributed by atoms with van der Waals surface area (Å²) in [4.78, 5) is 26.3. The highest BCUT2D eigenvalue weighted by Crippen LogP contribution is 2.44. The molecule has 2 aliphatic heterocycles. The molecule has 2 atom stereocenters. The van der Waals surface area contributed by atoms with Crippen LogP contribution in [0.3, 0.4) is 0 Å². The smallest absolute Gasteiger partial charge is 0.341 e. The molecule has 29 heavy (non-hydrogen) atoms. The number of halogens is 2. The second kappa shape index (κ2) is 7.29. The fraction of sp³-hybridized carbons (Fsp3) is 0.524. The van der Waals surface area contributed by atoms with E-state index in [2.05, 4.69) is 10.2 Å². The number of piperidine rings is 1. The second-order valence-electron chi connectivity index (χ2n) is 8.44. The van der Waals surface area contributed by atoms with Crippen LogP contribution in [0.2, 0.25) is 0 Å². The lowest BCUT2D eigenvalue weighted by Crippen LogP contribution is -2.40. The minimum atomic E-state index is -1.27. The maximum atomic E-state index is 15.2. The Morgan fingerprint density at radius 1 is 1.28 bits per heavy atom. The van der Waals surface area contributed by atoms with E-state index in [4.69, 9.17) is 0 Å². The molecule has 4 heterocycles. The number of carbonyl (C=O) groups is 1. The third-order valence-corrected chi connectivity index (χ3v) is 6.61. The van der Waals surface area contributed by atoms with Crippen molar-refractivity contribution in [1.29, 1.82) is 0 Å². The summed E-state index contributed by atoms with van der Waals surface area (Å²) in [7, 11) is 0. The molecule has 0 amide bonds. The number of nitrogens with zero attached hydrogens (tertiary/aromatic N) is 2. The molecule has 0 radical (unpaired) electrons. The first-order valence-electron chi connectivity index (χ1n) is 10.1. The molecule has 0 bridgehead atoms. The summed E-state index contributed by atoms with van der Waals surface area (Å²) < 4.78 is 16.4. The van der Waals surface area contributed by atoms with Crippen LogP contribution in [0.5, 0.6) is 0 Å². The van der Waals surface area contributed by atoms with Gasteiger partial charge in [-0.1, -0.05) is 0 Å². The molecule has 5 rings (SSSR count). The van der Waals surface area contributed by atoms with Crippen LogP contribution >= 0.6 is 12.4 Å². The normalized spacial score (nSPS) is 23.7. The van der Waals surface area contributed by atoms with Gasteiger partial charge in [0, 0.05) is 19.1 Å². The minimum Gasteiger partial charge on any atom is -0.477 e. The fourth-order valence-electron chi connectivity index (χ4n) is 5.12. The molecule has 2 saturated heterocycles. The van der Waals surface area contributed by atoms with E-state index in [1.54, 1.807) is 0 Å². The molecule has 0 aromatic carbocycles. The summed E-state index contributed by atoms with van der Waals surface area (Å²) in [6, 6.07) is 1.89. The van der Waals surface area contributed by atoms with E-state index in [1.165, 1.54) is 16.7 Å². The number of pyridine rings is 2. The highest BCUT2D eigenvalue weighted by molar-refractivity contribution is 5.89. The summed E-state index contributed by atoms with van der Waals surface area (Å²) >= 11 is 0. The summed E-state index contributed by atoms with van der Waals surface area (Å²) in [6.07, 6.45) is 5.42. The molecule has 6 nitrogen and oxygen atoms in total. The van der Waals surface area contributed by atoms with Gasteiger partial charge in [-0.15, -0.1) is 12.4 Å². The van der Waals surface area contributed by atoms with Crippen LogP contribution in [-0.2, 0) is 0 Å². The van der Waals surface area contributed by atoms with Crippen LogP contribution in [-0.4, -0.2) is 41.2 Å². The van der Waals surface area contributed by atoms with Gasteiger partial charge in [-0.25, -0.2) is 9.18 Å². The van der Waals surface area contributed by atoms with Crippen LogP contribution < -0.4 is 15.8 Å². The van der Waals surface area contributed by atoms with Gasteiger partial charge in [0.25, 0.3) is 5.56 Å². The van der Waals surface area contributed by atoms with Crippen molar-refractivity contribution in [2.24, 2.45) is 5.92 Å². The van der Waals surface area contributed by atoms with Gasteiger partial charge in [0.15, 0.2) is 5.82 Å². The van der Waals surface area contributed by atoms with E-state index < -0.39 is 17.3 Å². The molecule has 1 aliphatic carbocycles. The molecule has 2 aromatic heterocycles. The van der Waals surface area contributed by atoms with Crippen molar-refractivity contribution in [3.8, 4) is 0 Å². The Balaban J connectivity index is 0.00000205. The third kappa shape index (κ3) is 3.20. The Hall–Kier alpha value is -2.12. The molecule has 156 valence electrons. The Morgan fingerprint density at radius 2 is 2.03 bits per heavy atom. The number of aryl methyl sites for hydroxylation is 1. The number of anilines is 1. The number of hydrogen-bond donors (Lipinski definition) is 2. The topological polar surface area (TPSA) is 74.0 Å². The van der Waals surface area contributed by atoms with Gasteiger partial charge in [0.2, 0.25) is 0 Å². The summed E-state index contributed by atoms with van der Waals surface area (Å²) in [5.74, 6) is -0.968. The quantitative estimate of drug-likeness (QED) is 0.797. The zero-order chi connectivity index (χ0) is 19.6. The number of aromatic nitrogens is 1. The summed E-state index contributed by atoms with van der Waals surface area (Å²) in [6.45, 7) is 4.43. The highest BCUT2D eigenvalue weighted by atomic mass is 35.5. The van der Waals surface area contributed by atoms with E-state index in [9.17, 15) is 14.7 Å². The molecular formula is C21H25ClFN3O3. The van der Waals surface area contributed by atoms with Gasteiger partial charge in [0.1, 0.15) is 5.56 Å². The van der Waals surface area contributed by atoms with Crippen LogP contribution in [0.1, 0.15) is 53.1 Å². The summed E-state index contributed by atoms with van der Waals surface area (Å²) in [5, 5.41) is 13.0. The van der Waals surface area contributed by atoms with Crippen LogP contribution in [0.4, 0.5) is 10.1 Å². The number of fused-ring (bicyclic) bond motifs is 2. The zero-order valence-corrected chi connectivity index (χ0v) is 17.1. The number of carboxylic acids is 1. The van der Waals surface area contributed by atoms with Gasteiger partial charge in [-0.3, -0.25) is 9.20 Å². The average molecular weight is 422 g/mol. The monoisotopic (exact) mass is 421 g/mol. The van der Waals surface area contributed by atoms with Crippen molar-refractivity contribution in [1.82, 2.24) is 9.72 Å². The van der Waals surface area contributed by atoms with Crippen molar-refractivity contribution in [3.63, 3.8) is 0 Å². The molecule has 2 N–H and O–H groups in total. The lowest BCUT2D eigenvalue weighted by molar-refractivity contribution is 0.0694. The summed E-state index contributed by atoms with van der Waals surface area (Å²) in [5.41, 5.74) is 1.86. The van der Waals surface area contributed by atoms with Crippen LogP contribution in [0.25, 0.3) is 5.52 Å². The molecular weight excluding hydrogens is 397 g/mol. The van der Waals surface area contributed by atoms with E-state index in [0.29, 0.717) is 23.2 Å². The van der Waals surface area contributed by atoms with E-state index in [-0.39, 0.29) is 23.9 Å². The van der Waals surface area contributed by atoms with Crippen LogP contribution in [0, 0.1) is 18.7 Å². The largest absolute Gasteiger partial charge is 0.477 e. The predicted molar refractivity (Wildman–Crippen MR) is 111 cm³/mol. The maximum absolute atomic E-state index is 15.2. The zero-order valence-electron chi connectivity index (χ0n) is 16.3. The minimum absolute atomic E-state index is 0. The molecule has 1 saturated carbocycles. The lowest BCUT2D eigenvalue weighted by atomic mass is 9.94. The van der Waals surface area contributed by atoms with Crippen molar-refractivity contribution < 1.29 is 14.3 Å². The number of carboxylic acid groups (broad SMARTS) is 1. The molecule has 3 aliphatic rings. The van der Waals surface area contributed by atoms with E-state index in [0.717, 1.165) is 56.4 Å². The first kappa shape index (κ1) is 20.2.